The Morgan fingerprint density at radius 1 is 1.29 bits per heavy atom. The molecular weight excluding hydrogens is 273 g/mol. The lowest BCUT2D eigenvalue weighted by Crippen LogP contribution is -2.41. The Morgan fingerprint density at radius 2 is 2.05 bits per heavy atom. The van der Waals surface area contributed by atoms with Gasteiger partial charge in [0.1, 0.15) is 12.8 Å². The Morgan fingerprint density at radius 3 is 2.76 bits per heavy atom. The molecule has 0 spiro atoms. The van der Waals surface area contributed by atoms with E-state index in [-0.39, 0.29) is 12.8 Å². The van der Waals surface area contributed by atoms with Crippen molar-refractivity contribution < 1.29 is 13.9 Å². The summed E-state index contributed by atoms with van der Waals surface area (Å²) in [5, 5.41) is 2.85. The van der Waals surface area contributed by atoms with Crippen LogP contribution in [0.1, 0.15) is 18.1 Å². The standard InChI is InChI=1S/C15H20FN3O2/c1-3-20-10-18-14-13(16)8-17-15(19-14)21-9-12-6-4-11(2)5-7-12/h4-8,13-14,18H,3,9-10H2,1-2H3. The molecule has 0 aromatic heterocycles. The Balaban J connectivity index is 1.88. The van der Waals surface area contributed by atoms with Crippen molar-refractivity contribution in [3.8, 4) is 0 Å². The second-order valence-corrected chi connectivity index (χ2v) is 4.69. The smallest absolute Gasteiger partial charge is 0.313 e. The van der Waals surface area contributed by atoms with E-state index in [4.69, 9.17) is 9.47 Å². The van der Waals surface area contributed by atoms with Crippen LogP contribution >= 0.6 is 0 Å². The molecule has 0 amide bonds. The van der Waals surface area contributed by atoms with Gasteiger partial charge in [0.2, 0.25) is 0 Å². The number of rotatable bonds is 6. The van der Waals surface area contributed by atoms with Crippen LogP contribution in [0.5, 0.6) is 0 Å². The molecular formula is C15H20FN3O2. The molecule has 5 nitrogen and oxygen atoms in total. The number of amidine groups is 1. The zero-order valence-electron chi connectivity index (χ0n) is 12.3. The minimum absolute atomic E-state index is 0.179. The number of nitrogens with one attached hydrogen (secondary N) is 1. The summed E-state index contributed by atoms with van der Waals surface area (Å²) in [5.41, 5.74) is 2.20. The Kier molecular flexibility index (Phi) is 5.83. The van der Waals surface area contributed by atoms with Crippen LogP contribution in [0.4, 0.5) is 4.39 Å². The zero-order chi connectivity index (χ0) is 15.1. The van der Waals surface area contributed by atoms with Crippen molar-refractivity contribution in [2.24, 2.45) is 9.98 Å². The summed E-state index contributed by atoms with van der Waals surface area (Å²) in [5.74, 6) is 0. The van der Waals surface area contributed by atoms with E-state index in [2.05, 4.69) is 15.3 Å². The van der Waals surface area contributed by atoms with Gasteiger partial charge in [-0.15, -0.1) is 0 Å². The molecule has 2 rings (SSSR count). The predicted octanol–water partition coefficient (Wildman–Crippen LogP) is 2.20. The number of ether oxygens (including phenoxy) is 2. The van der Waals surface area contributed by atoms with Gasteiger partial charge < -0.3 is 9.47 Å². The quantitative estimate of drug-likeness (QED) is 0.646. The van der Waals surface area contributed by atoms with E-state index in [9.17, 15) is 4.39 Å². The SMILES string of the molecule is CCOCNC1N=C(OCc2ccc(C)cc2)N=CC1F. The lowest BCUT2D eigenvalue weighted by Gasteiger charge is -2.20. The third-order valence-electron chi connectivity index (χ3n) is 2.97. The largest absolute Gasteiger partial charge is 0.459 e. The summed E-state index contributed by atoms with van der Waals surface area (Å²) in [6, 6.07) is 8.15. The maximum absolute atomic E-state index is 13.6. The Labute approximate surface area is 123 Å². The van der Waals surface area contributed by atoms with Crippen LogP contribution in [-0.4, -0.2) is 37.9 Å². The highest BCUT2D eigenvalue weighted by molar-refractivity contribution is 5.87. The first-order chi connectivity index (χ1) is 10.2. The third-order valence-corrected chi connectivity index (χ3v) is 2.97. The average molecular weight is 293 g/mol. The zero-order valence-corrected chi connectivity index (χ0v) is 12.3. The second kappa shape index (κ2) is 7.85. The number of hydrogen-bond acceptors (Lipinski definition) is 5. The first-order valence-corrected chi connectivity index (χ1v) is 6.94. The van der Waals surface area contributed by atoms with Crippen molar-refractivity contribution in [1.82, 2.24) is 5.32 Å². The molecule has 1 aliphatic rings. The second-order valence-electron chi connectivity index (χ2n) is 4.69. The van der Waals surface area contributed by atoms with Gasteiger partial charge in [-0.25, -0.2) is 14.4 Å². The molecule has 0 bridgehead atoms. The summed E-state index contributed by atoms with van der Waals surface area (Å²) in [6.07, 6.45) is -0.805. The third kappa shape index (κ3) is 4.91. The molecule has 0 saturated heterocycles. The summed E-state index contributed by atoms with van der Waals surface area (Å²) in [6.45, 7) is 5.05. The molecule has 2 unspecified atom stereocenters. The normalized spacial score (nSPS) is 21.2. The van der Waals surface area contributed by atoms with Crippen molar-refractivity contribution in [1.29, 1.82) is 0 Å². The first kappa shape index (κ1) is 15.6. The van der Waals surface area contributed by atoms with Crippen LogP contribution < -0.4 is 5.32 Å². The highest BCUT2D eigenvalue weighted by Crippen LogP contribution is 2.09. The van der Waals surface area contributed by atoms with E-state index < -0.39 is 12.3 Å². The van der Waals surface area contributed by atoms with E-state index in [1.807, 2.05) is 38.1 Å². The number of halogens is 1. The Hall–Kier alpha value is -1.79. The van der Waals surface area contributed by atoms with Gasteiger partial charge in [0, 0.05) is 12.8 Å². The van der Waals surface area contributed by atoms with Crippen LogP contribution in [0.3, 0.4) is 0 Å². The topological polar surface area (TPSA) is 55.2 Å². The van der Waals surface area contributed by atoms with Crippen LogP contribution in [0, 0.1) is 6.92 Å². The maximum atomic E-state index is 13.6. The number of nitrogens with zero attached hydrogens (tertiary/aromatic N) is 2. The predicted molar refractivity (Wildman–Crippen MR) is 80.2 cm³/mol. The molecule has 0 aliphatic carbocycles. The van der Waals surface area contributed by atoms with Gasteiger partial charge in [0.15, 0.2) is 6.17 Å². The van der Waals surface area contributed by atoms with Crippen LogP contribution in [-0.2, 0) is 16.1 Å². The maximum Gasteiger partial charge on any atom is 0.313 e. The lowest BCUT2D eigenvalue weighted by atomic mass is 10.2. The molecule has 1 aromatic carbocycles. The molecule has 1 N–H and O–H groups in total. The Bertz CT molecular complexity index is 502. The minimum Gasteiger partial charge on any atom is -0.459 e. The van der Waals surface area contributed by atoms with Gasteiger partial charge in [-0.1, -0.05) is 29.8 Å². The summed E-state index contributed by atoms with van der Waals surface area (Å²) in [7, 11) is 0. The molecule has 6 heteroatoms. The fourth-order valence-electron chi connectivity index (χ4n) is 1.75. The van der Waals surface area contributed by atoms with Crippen molar-refractivity contribution >= 4 is 12.2 Å². The highest BCUT2D eigenvalue weighted by atomic mass is 19.1. The van der Waals surface area contributed by atoms with Crippen LogP contribution in [0.2, 0.25) is 0 Å². The highest BCUT2D eigenvalue weighted by Gasteiger charge is 2.23. The molecule has 0 radical (unpaired) electrons. The summed E-state index contributed by atoms with van der Waals surface area (Å²) in [4.78, 5) is 7.97. The van der Waals surface area contributed by atoms with E-state index in [1.165, 1.54) is 11.8 Å². The fraction of sp³-hybridized carbons (Fsp3) is 0.467. The van der Waals surface area contributed by atoms with E-state index in [0.717, 1.165) is 5.56 Å². The number of aliphatic imine (C=N–C) groups is 2. The first-order valence-electron chi connectivity index (χ1n) is 6.94. The fourth-order valence-corrected chi connectivity index (χ4v) is 1.75. The number of alkyl halides is 1. The monoisotopic (exact) mass is 293 g/mol. The van der Waals surface area contributed by atoms with Gasteiger partial charge >= 0.3 is 6.02 Å². The van der Waals surface area contributed by atoms with Gasteiger partial charge in [-0.05, 0) is 19.4 Å². The molecule has 1 aliphatic heterocycles. The minimum atomic E-state index is -1.28. The molecule has 0 saturated carbocycles. The number of hydrogen-bond donors (Lipinski definition) is 1. The van der Waals surface area contributed by atoms with Gasteiger partial charge in [-0.2, -0.15) is 0 Å². The molecule has 1 heterocycles. The van der Waals surface area contributed by atoms with Crippen molar-refractivity contribution in [3.63, 3.8) is 0 Å². The van der Waals surface area contributed by atoms with Gasteiger partial charge in [0.25, 0.3) is 0 Å². The molecule has 21 heavy (non-hydrogen) atoms. The van der Waals surface area contributed by atoms with Gasteiger partial charge in [0.05, 0.1) is 6.73 Å². The van der Waals surface area contributed by atoms with Crippen LogP contribution in [0.15, 0.2) is 34.3 Å². The molecule has 2 atom stereocenters. The van der Waals surface area contributed by atoms with E-state index in [0.29, 0.717) is 13.2 Å². The number of aryl methyl sites for hydroxylation is 1. The van der Waals surface area contributed by atoms with Crippen LogP contribution in [0.25, 0.3) is 0 Å². The molecule has 114 valence electrons. The van der Waals surface area contributed by atoms with Crippen molar-refractivity contribution in [3.05, 3.63) is 35.4 Å². The number of benzene rings is 1. The average Bonchev–Trinajstić information content (AvgIpc) is 2.49. The lowest BCUT2D eigenvalue weighted by molar-refractivity contribution is 0.111. The van der Waals surface area contributed by atoms with Crippen molar-refractivity contribution in [2.45, 2.75) is 32.8 Å². The van der Waals surface area contributed by atoms with E-state index >= 15 is 0 Å². The summed E-state index contributed by atoms with van der Waals surface area (Å²) < 4.78 is 24.3. The molecule has 1 aromatic rings. The van der Waals surface area contributed by atoms with Crippen molar-refractivity contribution in [2.75, 3.05) is 13.3 Å². The van der Waals surface area contributed by atoms with Gasteiger partial charge in [-0.3, -0.25) is 5.32 Å². The summed E-state index contributed by atoms with van der Waals surface area (Å²) >= 11 is 0. The van der Waals surface area contributed by atoms with E-state index in [1.54, 1.807) is 0 Å². The molecule has 0 fully saturated rings.